The Labute approximate surface area is 410 Å². The van der Waals surface area contributed by atoms with Crippen molar-refractivity contribution in [2.75, 3.05) is 5.73 Å². The van der Waals surface area contributed by atoms with Crippen LogP contribution in [0.25, 0.3) is 71.3 Å². The Hall–Kier alpha value is -7.68. The molecule has 2 aliphatic carbocycles. The normalized spacial score (nSPS) is 18.6. The first-order valence-electron chi connectivity index (χ1n) is 24.6. The predicted molar refractivity (Wildman–Crippen MR) is 298 cm³/mol. The minimum Gasteiger partial charge on any atom is -0.398 e. The van der Waals surface area contributed by atoms with Crippen molar-refractivity contribution in [3.05, 3.63) is 258 Å². The van der Waals surface area contributed by atoms with Crippen LogP contribution < -0.4 is 16.3 Å². The second kappa shape index (κ2) is 17.4. The summed E-state index contributed by atoms with van der Waals surface area (Å²) in [5.74, 6) is 0.287. The summed E-state index contributed by atoms with van der Waals surface area (Å²) in [6.07, 6.45) is 11.5. The number of anilines is 1. The second-order valence-corrected chi connectivity index (χ2v) is 21.7. The molecule has 2 aliphatic rings. The number of aliphatic hydroxyl groups is 1. The van der Waals surface area contributed by atoms with Gasteiger partial charge in [-0.3, -0.25) is 0 Å². The molecule has 0 bridgehead atoms. The molecule has 13 rings (SSSR count). The summed E-state index contributed by atoms with van der Waals surface area (Å²) in [5.41, 5.74) is 17.3. The van der Waals surface area contributed by atoms with E-state index >= 15 is 0 Å². The summed E-state index contributed by atoms with van der Waals surface area (Å²) < 4.78 is 0. The quantitative estimate of drug-likeness (QED) is 0.0525. The molecule has 1 aromatic heterocycles. The highest BCUT2D eigenvalue weighted by Gasteiger charge is 2.38. The standard InChI is InChI=1S/C66H51N2OP/c67-63-55-19-9-6-15-46(55)28-35-58(63)61(51-23-22-44-14-4-5-18-50(44)42-51)49-26-33-53(34-27-49)70(52-31-24-45(25-32-52)43-12-2-1-3-13-43)54-38-40-66(69,41-39-54)62-59-36-29-47-16-7-10-20-56(47)64(59)68-65-57-21-11-8-17-48(57)30-37-60(62)65/h1-38,40,51,54,61,69H,39,41-42,67H2/t51?,54?,61?,66-,70?/m0/s1. The van der Waals surface area contributed by atoms with Crippen molar-refractivity contribution in [1.29, 1.82) is 0 Å². The summed E-state index contributed by atoms with van der Waals surface area (Å²) in [5, 5.41) is 24.6. The Kier molecular flexibility index (Phi) is 10.5. The molecule has 0 amide bonds. The molecule has 70 heavy (non-hydrogen) atoms. The summed E-state index contributed by atoms with van der Waals surface area (Å²) in [6.45, 7) is 0. The van der Waals surface area contributed by atoms with Crippen LogP contribution in [-0.4, -0.2) is 15.7 Å². The van der Waals surface area contributed by atoms with E-state index in [2.05, 4.69) is 237 Å². The monoisotopic (exact) mass is 918 g/mol. The van der Waals surface area contributed by atoms with Crippen LogP contribution in [0.3, 0.4) is 0 Å². The highest BCUT2D eigenvalue weighted by atomic mass is 31.1. The summed E-state index contributed by atoms with van der Waals surface area (Å²) in [4.78, 5) is 5.43. The first-order chi connectivity index (χ1) is 34.5. The number of fused-ring (bicyclic) bond motifs is 8. The number of allylic oxidation sites excluding steroid dienone is 2. The molecular weight excluding hydrogens is 868 g/mol. The van der Waals surface area contributed by atoms with Crippen LogP contribution in [0.15, 0.2) is 231 Å². The zero-order valence-corrected chi connectivity index (χ0v) is 39.7. The molecule has 0 saturated heterocycles. The molecule has 0 saturated carbocycles. The molecule has 10 aromatic carbocycles. The highest BCUT2D eigenvalue weighted by molar-refractivity contribution is 7.73. The van der Waals surface area contributed by atoms with E-state index in [1.165, 1.54) is 44.0 Å². The van der Waals surface area contributed by atoms with Gasteiger partial charge in [-0.1, -0.05) is 237 Å². The van der Waals surface area contributed by atoms with Gasteiger partial charge in [0.2, 0.25) is 0 Å². The molecule has 3 nitrogen and oxygen atoms in total. The molecule has 3 N–H and O–H groups in total. The van der Waals surface area contributed by atoms with Gasteiger partial charge in [-0.15, -0.1) is 0 Å². The van der Waals surface area contributed by atoms with E-state index in [0.29, 0.717) is 6.42 Å². The molecule has 0 radical (unpaired) electrons. The number of nitrogens with zero attached hydrogens (tertiary/aromatic N) is 1. The lowest BCUT2D eigenvalue weighted by molar-refractivity contribution is 0.0761. The van der Waals surface area contributed by atoms with E-state index in [0.717, 1.165) is 78.2 Å². The number of benzene rings is 10. The molecule has 4 unspecified atom stereocenters. The van der Waals surface area contributed by atoms with Gasteiger partial charge in [0.15, 0.2) is 0 Å². The number of nitrogens with two attached hydrogens (primary N) is 1. The van der Waals surface area contributed by atoms with Crippen molar-refractivity contribution < 1.29 is 5.11 Å². The molecule has 1 heterocycles. The molecule has 4 heteroatoms. The lowest BCUT2D eigenvalue weighted by Gasteiger charge is -2.37. The average Bonchev–Trinajstić information content (AvgIpc) is 3.42. The fraction of sp³-hybridized carbons (Fsp3) is 0.106. The zero-order chi connectivity index (χ0) is 46.8. The van der Waals surface area contributed by atoms with Crippen LogP contribution in [0.1, 0.15) is 46.6 Å². The average molecular weight is 919 g/mol. The van der Waals surface area contributed by atoms with E-state index in [1.807, 2.05) is 0 Å². The maximum absolute atomic E-state index is 13.2. The van der Waals surface area contributed by atoms with Crippen molar-refractivity contribution in [3.63, 3.8) is 0 Å². The number of rotatable bonds is 8. The Morgan fingerprint density at radius 3 is 1.74 bits per heavy atom. The van der Waals surface area contributed by atoms with Gasteiger partial charge in [0.1, 0.15) is 5.60 Å². The zero-order valence-electron chi connectivity index (χ0n) is 38.8. The van der Waals surface area contributed by atoms with E-state index < -0.39 is 13.5 Å². The molecule has 0 fully saturated rings. The molecule has 11 aromatic rings. The third-order valence-electron chi connectivity index (χ3n) is 15.3. The van der Waals surface area contributed by atoms with Gasteiger partial charge in [-0.2, -0.15) is 0 Å². The van der Waals surface area contributed by atoms with Crippen LogP contribution in [0.4, 0.5) is 5.69 Å². The summed E-state index contributed by atoms with van der Waals surface area (Å²) >= 11 is 0. The maximum Gasteiger partial charge on any atom is 0.109 e. The SMILES string of the molecule is Nc1c(C(c2ccc(P(c3ccc(-c4ccccc4)cc3)C3C=C[C@@](O)(c4c5ccc6ccccc6c5nc5c4ccc4ccccc45)CC3)cc2)C2C=Cc3ccccc3C2)ccc2ccccc12. The van der Waals surface area contributed by atoms with Crippen LogP contribution in [0.5, 0.6) is 0 Å². The van der Waals surface area contributed by atoms with Gasteiger partial charge in [0.25, 0.3) is 0 Å². The number of pyridine rings is 1. The molecule has 0 spiro atoms. The highest BCUT2D eigenvalue weighted by Crippen LogP contribution is 2.51. The minimum atomic E-state index is -1.21. The van der Waals surface area contributed by atoms with Crippen molar-refractivity contribution >= 4 is 84.4 Å². The van der Waals surface area contributed by atoms with Gasteiger partial charge < -0.3 is 10.8 Å². The predicted octanol–water partition coefficient (Wildman–Crippen LogP) is 15.2. The first kappa shape index (κ1) is 42.4. The lowest BCUT2D eigenvalue weighted by atomic mass is 9.74. The van der Waals surface area contributed by atoms with Gasteiger partial charge >= 0.3 is 0 Å². The number of hydrogen-bond acceptors (Lipinski definition) is 3. The third kappa shape index (κ3) is 7.32. The van der Waals surface area contributed by atoms with E-state index in [1.54, 1.807) is 0 Å². The van der Waals surface area contributed by atoms with Crippen LogP contribution in [0, 0.1) is 5.92 Å². The van der Waals surface area contributed by atoms with Crippen LogP contribution in [-0.2, 0) is 12.0 Å². The van der Waals surface area contributed by atoms with Crippen molar-refractivity contribution in [1.82, 2.24) is 4.98 Å². The van der Waals surface area contributed by atoms with Crippen molar-refractivity contribution in [3.8, 4) is 11.1 Å². The molecular formula is C66H51N2OP. The second-order valence-electron chi connectivity index (χ2n) is 19.3. The Balaban J connectivity index is 0.925. The van der Waals surface area contributed by atoms with Crippen molar-refractivity contribution in [2.24, 2.45) is 5.92 Å². The maximum atomic E-state index is 13.2. The van der Waals surface area contributed by atoms with Gasteiger partial charge in [-0.05, 0) is 93.3 Å². The van der Waals surface area contributed by atoms with E-state index in [-0.39, 0.29) is 17.5 Å². The Morgan fingerprint density at radius 1 is 0.529 bits per heavy atom. The molecule has 5 atom stereocenters. The van der Waals surface area contributed by atoms with Crippen LogP contribution >= 0.6 is 7.92 Å². The largest absolute Gasteiger partial charge is 0.398 e. The number of nitrogen functional groups attached to an aromatic ring is 1. The smallest absolute Gasteiger partial charge is 0.109 e. The van der Waals surface area contributed by atoms with Gasteiger partial charge in [0, 0.05) is 49.8 Å². The topological polar surface area (TPSA) is 59.1 Å². The third-order valence-corrected chi connectivity index (χ3v) is 18.1. The Bertz CT molecular complexity index is 3770. The lowest BCUT2D eigenvalue weighted by Crippen LogP contribution is -2.31. The fourth-order valence-corrected chi connectivity index (χ4v) is 14.5. The van der Waals surface area contributed by atoms with E-state index in [4.69, 9.17) is 10.7 Å². The van der Waals surface area contributed by atoms with E-state index in [9.17, 15) is 5.11 Å². The minimum absolute atomic E-state index is 0.0588. The fourth-order valence-electron chi connectivity index (χ4n) is 11.8. The number of aromatic nitrogens is 1. The van der Waals surface area contributed by atoms with Crippen molar-refractivity contribution in [2.45, 2.75) is 36.4 Å². The van der Waals surface area contributed by atoms with Gasteiger partial charge in [-0.25, -0.2) is 4.98 Å². The molecule has 336 valence electrons. The van der Waals surface area contributed by atoms with Gasteiger partial charge in [0.05, 0.1) is 11.0 Å². The Morgan fingerprint density at radius 2 is 1.09 bits per heavy atom. The molecule has 0 aliphatic heterocycles. The first-order valence-corrected chi connectivity index (χ1v) is 26.0. The summed E-state index contributed by atoms with van der Waals surface area (Å²) in [7, 11) is -0.891. The summed E-state index contributed by atoms with van der Waals surface area (Å²) in [6, 6.07) is 76.9. The number of hydrogen-bond donors (Lipinski definition) is 2. The van der Waals surface area contributed by atoms with Crippen LogP contribution in [0.2, 0.25) is 0 Å².